The number of nitrogens with one attached hydrogen (secondary N) is 1. The second-order valence-electron chi connectivity index (χ2n) is 8.08. The maximum absolute atomic E-state index is 5.84. The van der Waals surface area contributed by atoms with Crippen LogP contribution in [-0.4, -0.2) is 41.7 Å². The minimum Gasteiger partial charge on any atom is -0.497 e. The van der Waals surface area contributed by atoms with Crippen LogP contribution in [0.5, 0.6) is 5.75 Å². The van der Waals surface area contributed by atoms with E-state index in [0.717, 1.165) is 28.4 Å². The summed E-state index contributed by atoms with van der Waals surface area (Å²) < 4.78 is 9.31. The third-order valence-corrected chi connectivity index (χ3v) is 6.45. The van der Waals surface area contributed by atoms with Crippen molar-refractivity contribution in [2.45, 2.75) is 32.5 Å². The SMILES string of the molecule is COc1ccc(CN2C(=S)N[C@H](c3ccccn3)[C@H]2c2cc(C)n(-n3cnnc3)c2C)cc1. The zero-order valence-corrected chi connectivity index (χ0v) is 19.5. The number of aromatic nitrogens is 5. The van der Waals surface area contributed by atoms with Crippen molar-refractivity contribution in [3.05, 3.63) is 95.6 Å². The van der Waals surface area contributed by atoms with Crippen molar-refractivity contribution in [1.82, 2.24) is 34.8 Å². The van der Waals surface area contributed by atoms with Gasteiger partial charge >= 0.3 is 0 Å². The molecule has 8 nitrogen and oxygen atoms in total. The molecule has 1 fully saturated rings. The van der Waals surface area contributed by atoms with Gasteiger partial charge in [0.2, 0.25) is 0 Å². The number of pyridine rings is 1. The second kappa shape index (κ2) is 8.67. The quantitative estimate of drug-likeness (QED) is 0.442. The largest absolute Gasteiger partial charge is 0.497 e. The second-order valence-corrected chi connectivity index (χ2v) is 8.47. The topological polar surface area (TPSA) is 73.0 Å². The fraction of sp³-hybridized carbons (Fsp3) is 0.250. The van der Waals surface area contributed by atoms with Crippen LogP contribution in [0, 0.1) is 13.8 Å². The molecular weight excluding hydrogens is 434 g/mol. The molecule has 1 saturated heterocycles. The Hall–Kier alpha value is -3.72. The van der Waals surface area contributed by atoms with Gasteiger partial charge in [0.25, 0.3) is 0 Å². The highest BCUT2D eigenvalue weighted by molar-refractivity contribution is 7.80. The molecule has 0 aliphatic carbocycles. The Morgan fingerprint density at radius 3 is 2.48 bits per heavy atom. The van der Waals surface area contributed by atoms with Crippen LogP contribution in [0.15, 0.2) is 67.4 Å². The molecule has 4 heterocycles. The smallest absolute Gasteiger partial charge is 0.170 e. The molecule has 2 atom stereocenters. The molecule has 9 heteroatoms. The minimum atomic E-state index is -0.0770. The molecule has 0 saturated carbocycles. The molecule has 0 bridgehead atoms. The molecule has 33 heavy (non-hydrogen) atoms. The van der Waals surface area contributed by atoms with E-state index in [2.05, 4.69) is 62.1 Å². The van der Waals surface area contributed by atoms with Gasteiger partial charge in [0.05, 0.1) is 24.9 Å². The summed E-state index contributed by atoms with van der Waals surface area (Å²) in [5.74, 6) is 0.835. The average molecular weight is 460 g/mol. The third-order valence-electron chi connectivity index (χ3n) is 6.10. The van der Waals surface area contributed by atoms with E-state index in [-0.39, 0.29) is 12.1 Å². The number of hydrogen-bond donors (Lipinski definition) is 1. The highest BCUT2D eigenvalue weighted by atomic mass is 32.1. The van der Waals surface area contributed by atoms with E-state index >= 15 is 0 Å². The van der Waals surface area contributed by atoms with Crippen LogP contribution in [0.4, 0.5) is 0 Å². The molecule has 1 aliphatic heterocycles. The van der Waals surface area contributed by atoms with Gasteiger partial charge in [-0.2, -0.15) is 0 Å². The van der Waals surface area contributed by atoms with Crippen LogP contribution in [0.2, 0.25) is 0 Å². The Morgan fingerprint density at radius 1 is 1.06 bits per heavy atom. The third kappa shape index (κ3) is 3.84. The van der Waals surface area contributed by atoms with Crippen LogP contribution in [0.3, 0.4) is 0 Å². The number of nitrogens with zero attached hydrogens (tertiary/aromatic N) is 6. The fourth-order valence-electron chi connectivity index (χ4n) is 4.57. The molecule has 4 aromatic rings. The molecule has 0 unspecified atom stereocenters. The Labute approximate surface area is 197 Å². The summed E-state index contributed by atoms with van der Waals surface area (Å²) in [6.07, 6.45) is 5.23. The summed E-state index contributed by atoms with van der Waals surface area (Å²) in [5, 5.41) is 12.2. The molecule has 1 aliphatic rings. The number of hydrogen-bond acceptors (Lipinski definition) is 5. The van der Waals surface area contributed by atoms with Crippen molar-refractivity contribution in [1.29, 1.82) is 0 Å². The normalized spacial score (nSPS) is 17.9. The van der Waals surface area contributed by atoms with Crippen LogP contribution in [-0.2, 0) is 6.54 Å². The number of benzene rings is 1. The molecule has 3 aromatic heterocycles. The Morgan fingerprint density at radius 2 is 1.82 bits per heavy atom. The van der Waals surface area contributed by atoms with Gasteiger partial charge in [-0.25, -0.2) is 4.68 Å². The maximum Gasteiger partial charge on any atom is 0.170 e. The minimum absolute atomic E-state index is 0.0362. The lowest BCUT2D eigenvalue weighted by atomic mass is 9.96. The van der Waals surface area contributed by atoms with Crippen LogP contribution < -0.4 is 10.1 Å². The number of aryl methyl sites for hydroxylation is 1. The van der Waals surface area contributed by atoms with Crippen LogP contribution >= 0.6 is 12.2 Å². The monoisotopic (exact) mass is 459 g/mol. The van der Waals surface area contributed by atoms with E-state index in [1.165, 1.54) is 5.56 Å². The molecular formula is C24H25N7OS. The van der Waals surface area contributed by atoms with Crippen molar-refractivity contribution in [3.8, 4) is 5.75 Å². The van der Waals surface area contributed by atoms with E-state index in [0.29, 0.717) is 11.7 Å². The summed E-state index contributed by atoms with van der Waals surface area (Å²) in [7, 11) is 1.67. The van der Waals surface area contributed by atoms with Gasteiger partial charge in [-0.3, -0.25) is 9.66 Å². The first-order valence-corrected chi connectivity index (χ1v) is 11.1. The van der Waals surface area contributed by atoms with E-state index in [9.17, 15) is 0 Å². The molecule has 0 radical (unpaired) electrons. The Balaban J connectivity index is 1.58. The van der Waals surface area contributed by atoms with E-state index in [4.69, 9.17) is 17.0 Å². The lowest BCUT2D eigenvalue weighted by Gasteiger charge is -2.28. The molecule has 1 aromatic carbocycles. The van der Waals surface area contributed by atoms with Gasteiger partial charge < -0.3 is 15.0 Å². The summed E-state index contributed by atoms with van der Waals surface area (Å²) in [4.78, 5) is 6.89. The van der Waals surface area contributed by atoms with Gasteiger partial charge in [0.15, 0.2) is 5.11 Å². The highest BCUT2D eigenvalue weighted by Gasteiger charge is 2.41. The van der Waals surface area contributed by atoms with Crippen LogP contribution in [0.25, 0.3) is 0 Å². The first kappa shape index (κ1) is 21.1. The van der Waals surface area contributed by atoms with Gasteiger partial charge in [0.1, 0.15) is 18.4 Å². The number of thiocarbonyl (C=S) groups is 1. The summed E-state index contributed by atoms with van der Waals surface area (Å²) in [6, 6.07) is 16.2. The van der Waals surface area contributed by atoms with Crippen molar-refractivity contribution in [2.75, 3.05) is 7.11 Å². The predicted octanol–water partition coefficient (Wildman–Crippen LogP) is 3.58. The number of methoxy groups -OCH3 is 1. The van der Waals surface area contributed by atoms with Gasteiger partial charge in [-0.05, 0) is 62.0 Å². The first-order valence-electron chi connectivity index (χ1n) is 10.7. The van der Waals surface area contributed by atoms with Crippen molar-refractivity contribution >= 4 is 17.3 Å². The highest BCUT2D eigenvalue weighted by Crippen LogP contribution is 2.41. The number of rotatable bonds is 6. The Kier molecular flexibility index (Phi) is 5.55. The van der Waals surface area contributed by atoms with Gasteiger partial charge in [-0.1, -0.05) is 18.2 Å². The van der Waals surface area contributed by atoms with Crippen molar-refractivity contribution < 1.29 is 4.74 Å². The van der Waals surface area contributed by atoms with E-state index < -0.39 is 0 Å². The summed E-state index contributed by atoms with van der Waals surface area (Å²) in [5.41, 5.74) is 5.47. The summed E-state index contributed by atoms with van der Waals surface area (Å²) >= 11 is 5.84. The molecule has 168 valence electrons. The average Bonchev–Trinajstić information content (AvgIpc) is 3.54. The Bertz CT molecular complexity index is 1250. The van der Waals surface area contributed by atoms with Gasteiger partial charge in [0, 0.05) is 29.7 Å². The van der Waals surface area contributed by atoms with Gasteiger partial charge in [-0.15, -0.1) is 10.2 Å². The molecule has 1 N–H and O–H groups in total. The molecule has 5 rings (SSSR count). The zero-order valence-electron chi connectivity index (χ0n) is 18.7. The summed E-state index contributed by atoms with van der Waals surface area (Å²) in [6.45, 7) is 4.87. The predicted molar refractivity (Wildman–Crippen MR) is 129 cm³/mol. The maximum atomic E-state index is 5.84. The zero-order chi connectivity index (χ0) is 22.9. The lowest BCUT2D eigenvalue weighted by molar-refractivity contribution is 0.309. The standard InChI is InChI=1S/C24H25N7OS/c1-16-12-20(17(2)31(16)29-14-26-27-15-29)23-22(21-6-4-5-11-25-21)28-24(33)30(23)13-18-7-9-19(32-3)10-8-18/h4-12,14-15,22-23H,13H2,1-3H3,(H,28,33)/t22-,23-/m1/s1. The molecule has 0 amide bonds. The van der Waals surface area contributed by atoms with E-state index in [1.807, 2.05) is 41.2 Å². The first-order chi connectivity index (χ1) is 16.1. The van der Waals surface area contributed by atoms with Crippen LogP contribution in [0.1, 0.15) is 40.3 Å². The molecule has 0 spiro atoms. The lowest BCUT2D eigenvalue weighted by Crippen LogP contribution is -2.29. The van der Waals surface area contributed by atoms with E-state index in [1.54, 1.807) is 19.8 Å². The fourth-order valence-corrected chi connectivity index (χ4v) is 4.88. The van der Waals surface area contributed by atoms with Crippen molar-refractivity contribution in [2.24, 2.45) is 0 Å². The number of ether oxygens (including phenoxy) is 1. The van der Waals surface area contributed by atoms with Crippen molar-refractivity contribution in [3.63, 3.8) is 0 Å².